The van der Waals surface area contributed by atoms with Gasteiger partial charge in [0.25, 0.3) is 0 Å². The normalized spacial score (nSPS) is 11.8. The lowest BCUT2D eigenvalue weighted by Gasteiger charge is -2.23. The monoisotopic (exact) mass is 361 g/mol. The van der Waals surface area contributed by atoms with Gasteiger partial charge in [0, 0.05) is 18.8 Å². The van der Waals surface area contributed by atoms with Gasteiger partial charge in [-0.25, -0.2) is 9.59 Å². The summed E-state index contributed by atoms with van der Waals surface area (Å²) in [5.41, 5.74) is -0.0720. The number of rotatable bonds is 8. The lowest BCUT2D eigenvalue weighted by molar-refractivity contribution is 0.0502. The second-order valence-corrected chi connectivity index (χ2v) is 6.53. The van der Waals surface area contributed by atoms with Crippen molar-refractivity contribution < 1.29 is 19.1 Å². The van der Waals surface area contributed by atoms with Gasteiger partial charge in [-0.3, -0.25) is 4.98 Å². The lowest BCUT2D eigenvalue weighted by Crippen LogP contribution is -2.35. The number of ether oxygens (including phenoxy) is 2. The quantitative estimate of drug-likeness (QED) is 0.542. The molecule has 2 amide bonds. The average Bonchev–Trinajstić information content (AvgIpc) is 2.53. The highest BCUT2D eigenvalue weighted by Crippen LogP contribution is 2.21. The highest BCUT2D eigenvalue weighted by molar-refractivity contribution is 5.70. The molecule has 2 N–H and O–H groups in total. The van der Waals surface area contributed by atoms with Crippen LogP contribution >= 0.6 is 0 Å². The summed E-state index contributed by atoms with van der Waals surface area (Å²) in [6, 6.07) is 2.71. The van der Waals surface area contributed by atoms with Crippen molar-refractivity contribution >= 4 is 12.2 Å². The molecule has 0 aliphatic carbocycles. The number of nitrogens with zero attached hydrogens (tertiary/aromatic N) is 1. The summed E-state index contributed by atoms with van der Waals surface area (Å²) in [5.74, 6) is 0.325. The Morgan fingerprint density at radius 1 is 1.27 bits per heavy atom. The fourth-order valence-corrected chi connectivity index (χ4v) is 1.97. The number of hydrogen-bond acceptors (Lipinski definition) is 5. The molecule has 0 spiro atoms. The minimum atomic E-state index is -0.606. The minimum absolute atomic E-state index is 0.325. The van der Waals surface area contributed by atoms with E-state index >= 15 is 0 Å². The van der Waals surface area contributed by atoms with E-state index < -0.39 is 23.8 Å². The molecule has 1 rings (SSSR count). The van der Waals surface area contributed by atoms with E-state index in [1.807, 2.05) is 0 Å². The SMILES string of the molecule is C=CCCNC(=O)Oc1ccnc([C@H](CC=C)NC(=O)OC(C)(C)C)c1. The van der Waals surface area contributed by atoms with Crippen molar-refractivity contribution in [3.63, 3.8) is 0 Å². The molecule has 0 saturated heterocycles. The molecule has 0 fully saturated rings. The Balaban J connectivity index is 2.79. The molecule has 7 heteroatoms. The van der Waals surface area contributed by atoms with E-state index in [2.05, 4.69) is 28.8 Å². The molecule has 1 heterocycles. The molecule has 142 valence electrons. The molecule has 0 radical (unpaired) electrons. The molecule has 0 aliphatic rings. The van der Waals surface area contributed by atoms with Crippen LogP contribution in [0.3, 0.4) is 0 Å². The van der Waals surface area contributed by atoms with Gasteiger partial charge in [0.15, 0.2) is 0 Å². The largest absolute Gasteiger partial charge is 0.444 e. The third-order valence-electron chi connectivity index (χ3n) is 3.03. The zero-order valence-corrected chi connectivity index (χ0v) is 15.6. The zero-order chi connectivity index (χ0) is 19.6. The molecule has 1 aromatic heterocycles. The Hall–Kier alpha value is -2.83. The third-order valence-corrected chi connectivity index (χ3v) is 3.03. The molecule has 0 unspecified atom stereocenters. The first kappa shape index (κ1) is 21.2. The zero-order valence-electron chi connectivity index (χ0n) is 15.6. The van der Waals surface area contributed by atoms with Gasteiger partial charge in [-0.1, -0.05) is 12.2 Å². The number of alkyl carbamates (subject to hydrolysis) is 1. The van der Waals surface area contributed by atoms with E-state index in [1.165, 1.54) is 6.20 Å². The minimum Gasteiger partial charge on any atom is -0.444 e. The van der Waals surface area contributed by atoms with Gasteiger partial charge in [-0.15, -0.1) is 13.2 Å². The summed E-state index contributed by atoms with van der Waals surface area (Å²) in [4.78, 5) is 28.0. The number of amides is 2. The van der Waals surface area contributed by atoms with Crippen LogP contribution in [0, 0.1) is 0 Å². The van der Waals surface area contributed by atoms with E-state index in [0.717, 1.165) is 0 Å². The summed E-state index contributed by atoms with van der Waals surface area (Å²) in [7, 11) is 0. The van der Waals surface area contributed by atoms with Crippen LogP contribution in [0.4, 0.5) is 9.59 Å². The molecule has 1 aromatic rings. The van der Waals surface area contributed by atoms with Crippen LogP contribution < -0.4 is 15.4 Å². The third kappa shape index (κ3) is 8.32. The highest BCUT2D eigenvalue weighted by atomic mass is 16.6. The Bertz CT molecular complexity index is 638. The number of hydrogen-bond donors (Lipinski definition) is 2. The number of pyridine rings is 1. The molecule has 0 aliphatic heterocycles. The maximum absolute atomic E-state index is 12.0. The Morgan fingerprint density at radius 2 is 2.00 bits per heavy atom. The van der Waals surface area contributed by atoms with Gasteiger partial charge in [-0.2, -0.15) is 0 Å². The van der Waals surface area contributed by atoms with Crippen LogP contribution in [0.15, 0.2) is 43.6 Å². The van der Waals surface area contributed by atoms with Gasteiger partial charge < -0.3 is 20.1 Å². The first-order valence-electron chi connectivity index (χ1n) is 8.38. The Morgan fingerprint density at radius 3 is 2.62 bits per heavy atom. The molecule has 0 aromatic carbocycles. The van der Waals surface area contributed by atoms with Crippen molar-refractivity contribution in [2.24, 2.45) is 0 Å². The van der Waals surface area contributed by atoms with E-state index in [0.29, 0.717) is 30.8 Å². The maximum Gasteiger partial charge on any atom is 0.412 e. The average molecular weight is 361 g/mol. The van der Waals surface area contributed by atoms with E-state index in [4.69, 9.17) is 9.47 Å². The van der Waals surface area contributed by atoms with Crippen molar-refractivity contribution in [3.8, 4) is 5.75 Å². The number of carbonyl (C=O) groups is 2. The van der Waals surface area contributed by atoms with Crippen LogP contribution in [0.2, 0.25) is 0 Å². The summed E-state index contributed by atoms with van der Waals surface area (Å²) in [6.45, 7) is 13.1. The molecule has 7 nitrogen and oxygen atoms in total. The summed E-state index contributed by atoms with van der Waals surface area (Å²) in [5, 5.41) is 5.36. The van der Waals surface area contributed by atoms with Crippen LogP contribution in [0.5, 0.6) is 5.75 Å². The molecule has 1 atom stereocenters. The summed E-state index contributed by atoms with van der Waals surface area (Å²) in [6.07, 6.45) is 4.85. The predicted molar refractivity (Wildman–Crippen MR) is 100 cm³/mol. The first-order valence-corrected chi connectivity index (χ1v) is 8.38. The lowest BCUT2D eigenvalue weighted by atomic mass is 10.1. The van der Waals surface area contributed by atoms with E-state index in [9.17, 15) is 9.59 Å². The number of carbonyl (C=O) groups excluding carboxylic acids is 2. The standard InChI is InChI=1S/C19H27N3O4/c1-6-8-11-21-17(23)25-14-10-12-20-16(13-14)15(9-7-2)22-18(24)26-19(3,4)5/h6-7,10,12-13,15H,1-2,8-9,11H2,3-5H3,(H,21,23)(H,22,24)/t15-/m0/s1. The molecule has 0 bridgehead atoms. The number of aromatic nitrogens is 1. The predicted octanol–water partition coefficient (Wildman–Crippen LogP) is 3.89. The number of nitrogens with one attached hydrogen (secondary N) is 2. The van der Waals surface area contributed by atoms with Crippen molar-refractivity contribution in [2.75, 3.05) is 6.54 Å². The second kappa shape index (κ2) is 10.2. The Kier molecular flexibility index (Phi) is 8.34. The summed E-state index contributed by atoms with van der Waals surface area (Å²) < 4.78 is 10.5. The van der Waals surface area contributed by atoms with Crippen molar-refractivity contribution in [1.82, 2.24) is 15.6 Å². The van der Waals surface area contributed by atoms with Crippen molar-refractivity contribution in [1.29, 1.82) is 0 Å². The van der Waals surface area contributed by atoms with Gasteiger partial charge >= 0.3 is 12.2 Å². The van der Waals surface area contributed by atoms with Gasteiger partial charge in [0.1, 0.15) is 11.4 Å². The molecular formula is C19H27N3O4. The topological polar surface area (TPSA) is 89.5 Å². The van der Waals surface area contributed by atoms with Gasteiger partial charge in [0.05, 0.1) is 11.7 Å². The molecular weight excluding hydrogens is 334 g/mol. The summed E-state index contributed by atoms with van der Waals surface area (Å²) >= 11 is 0. The van der Waals surface area contributed by atoms with Crippen molar-refractivity contribution in [3.05, 3.63) is 49.3 Å². The van der Waals surface area contributed by atoms with Crippen LogP contribution in [0.1, 0.15) is 45.3 Å². The highest BCUT2D eigenvalue weighted by Gasteiger charge is 2.21. The molecule has 0 saturated carbocycles. The second-order valence-electron chi connectivity index (χ2n) is 6.53. The van der Waals surface area contributed by atoms with E-state index in [1.54, 1.807) is 45.1 Å². The smallest absolute Gasteiger partial charge is 0.412 e. The fraction of sp³-hybridized carbons (Fsp3) is 0.421. The first-order chi connectivity index (χ1) is 12.2. The van der Waals surface area contributed by atoms with E-state index in [-0.39, 0.29) is 0 Å². The molecule has 26 heavy (non-hydrogen) atoms. The van der Waals surface area contributed by atoms with Crippen LogP contribution in [0.25, 0.3) is 0 Å². The van der Waals surface area contributed by atoms with Crippen molar-refractivity contribution in [2.45, 2.75) is 45.3 Å². The van der Waals surface area contributed by atoms with Gasteiger partial charge in [-0.05, 0) is 39.7 Å². The fourth-order valence-electron chi connectivity index (χ4n) is 1.97. The van der Waals surface area contributed by atoms with Crippen LogP contribution in [-0.2, 0) is 4.74 Å². The Labute approximate surface area is 154 Å². The van der Waals surface area contributed by atoms with Crippen LogP contribution in [-0.4, -0.2) is 29.3 Å². The maximum atomic E-state index is 12.0. The van der Waals surface area contributed by atoms with Gasteiger partial charge in [0.2, 0.25) is 0 Å².